The fraction of sp³-hybridized carbons (Fsp3) is 0.733. The Balaban J connectivity index is 2.72. The van der Waals surface area contributed by atoms with Gasteiger partial charge in [-0.1, -0.05) is 39.0 Å². The molecule has 0 aliphatic carbocycles. The summed E-state index contributed by atoms with van der Waals surface area (Å²) in [6, 6.07) is 0. The van der Waals surface area contributed by atoms with Crippen molar-refractivity contribution in [3.63, 3.8) is 0 Å². The predicted molar refractivity (Wildman–Crippen MR) is 76.6 cm³/mol. The minimum Gasteiger partial charge on any atom is -0.461 e. The molecule has 0 saturated heterocycles. The van der Waals surface area contributed by atoms with Crippen LogP contribution in [0.15, 0.2) is 6.33 Å². The van der Waals surface area contributed by atoms with Crippen LogP contribution < -0.4 is 0 Å². The summed E-state index contributed by atoms with van der Waals surface area (Å²) in [5, 5.41) is 0. The van der Waals surface area contributed by atoms with Crippen LogP contribution in [0.4, 0.5) is 13.2 Å². The van der Waals surface area contributed by atoms with Crippen LogP contribution in [0.1, 0.15) is 68.6 Å². The maximum absolute atomic E-state index is 13.1. The van der Waals surface area contributed by atoms with Gasteiger partial charge in [-0.05, 0) is 13.3 Å². The van der Waals surface area contributed by atoms with Gasteiger partial charge >= 0.3 is 12.1 Å². The number of hydrogen-bond acceptors (Lipinski definition) is 3. The number of nitrogens with zero attached hydrogens (tertiary/aromatic N) is 2. The summed E-state index contributed by atoms with van der Waals surface area (Å²) in [6.07, 6.45) is 2.32. The molecule has 0 spiro atoms. The van der Waals surface area contributed by atoms with Gasteiger partial charge in [0.25, 0.3) is 0 Å². The number of unbranched alkanes of at least 4 members (excludes halogenated alkanes) is 5. The van der Waals surface area contributed by atoms with Gasteiger partial charge in [0.1, 0.15) is 0 Å². The second-order valence-electron chi connectivity index (χ2n) is 5.12. The summed E-state index contributed by atoms with van der Waals surface area (Å²) in [5.41, 5.74) is -1.67. The molecule has 0 fully saturated rings. The summed E-state index contributed by atoms with van der Waals surface area (Å²) in [5.74, 6) is -1.03. The highest BCUT2D eigenvalue weighted by Gasteiger charge is 2.40. The van der Waals surface area contributed by atoms with E-state index in [2.05, 4.69) is 16.6 Å². The van der Waals surface area contributed by atoms with Crippen LogP contribution in [0.5, 0.6) is 0 Å². The molecule has 1 rings (SSSR count). The van der Waals surface area contributed by atoms with Crippen molar-refractivity contribution >= 4 is 5.97 Å². The first kappa shape index (κ1) is 18.5. The molecule has 126 valence electrons. The van der Waals surface area contributed by atoms with Crippen molar-refractivity contribution in [1.82, 2.24) is 9.55 Å². The fourth-order valence-corrected chi connectivity index (χ4v) is 2.26. The molecule has 4 nitrogen and oxygen atoms in total. The van der Waals surface area contributed by atoms with Crippen LogP contribution in [0.25, 0.3) is 0 Å². The van der Waals surface area contributed by atoms with E-state index in [0.29, 0.717) is 6.42 Å². The van der Waals surface area contributed by atoms with E-state index in [-0.39, 0.29) is 13.2 Å². The molecule has 22 heavy (non-hydrogen) atoms. The van der Waals surface area contributed by atoms with Gasteiger partial charge in [-0.3, -0.25) is 0 Å². The minimum atomic E-state index is -4.62. The smallest absolute Gasteiger partial charge is 0.433 e. The molecule has 1 aromatic heterocycles. The van der Waals surface area contributed by atoms with E-state index in [9.17, 15) is 18.0 Å². The van der Waals surface area contributed by atoms with E-state index in [1.807, 2.05) is 0 Å². The van der Waals surface area contributed by atoms with Gasteiger partial charge < -0.3 is 9.30 Å². The number of alkyl halides is 3. The minimum absolute atomic E-state index is 0.0143. The van der Waals surface area contributed by atoms with Crippen molar-refractivity contribution in [1.29, 1.82) is 0 Å². The molecule has 0 radical (unpaired) electrons. The van der Waals surface area contributed by atoms with Crippen LogP contribution >= 0.6 is 0 Å². The number of esters is 1. The molecule has 7 heteroatoms. The van der Waals surface area contributed by atoms with Crippen LogP contribution in [0.2, 0.25) is 0 Å². The Hall–Kier alpha value is -1.53. The van der Waals surface area contributed by atoms with Gasteiger partial charge in [0, 0.05) is 6.54 Å². The summed E-state index contributed by atoms with van der Waals surface area (Å²) >= 11 is 0. The second kappa shape index (κ2) is 8.80. The van der Waals surface area contributed by atoms with Crippen molar-refractivity contribution in [2.75, 3.05) is 6.61 Å². The number of halogens is 3. The van der Waals surface area contributed by atoms with Crippen molar-refractivity contribution in [3.05, 3.63) is 17.7 Å². The quantitative estimate of drug-likeness (QED) is 0.499. The molecule has 1 heterocycles. The molecule has 0 amide bonds. The lowest BCUT2D eigenvalue weighted by molar-refractivity contribution is -0.144. The van der Waals surface area contributed by atoms with Crippen LogP contribution in [0.3, 0.4) is 0 Å². The van der Waals surface area contributed by atoms with Crippen LogP contribution in [0, 0.1) is 0 Å². The molecular weight excluding hydrogens is 297 g/mol. The largest absolute Gasteiger partial charge is 0.461 e. The highest BCUT2D eigenvalue weighted by Crippen LogP contribution is 2.32. The molecule has 0 bridgehead atoms. The van der Waals surface area contributed by atoms with Gasteiger partial charge in [0.15, 0.2) is 11.4 Å². The Labute approximate surface area is 128 Å². The van der Waals surface area contributed by atoms with Gasteiger partial charge in [-0.25, -0.2) is 9.78 Å². The lowest BCUT2D eigenvalue weighted by Gasteiger charge is -2.12. The summed E-state index contributed by atoms with van der Waals surface area (Å²) in [4.78, 5) is 15.2. The van der Waals surface area contributed by atoms with E-state index < -0.39 is 23.5 Å². The molecule has 0 atom stereocenters. The average Bonchev–Trinajstić information content (AvgIpc) is 2.87. The van der Waals surface area contributed by atoms with Gasteiger partial charge in [0.05, 0.1) is 12.9 Å². The fourth-order valence-electron chi connectivity index (χ4n) is 2.26. The number of hydrogen-bond donors (Lipinski definition) is 0. The summed E-state index contributed by atoms with van der Waals surface area (Å²) in [7, 11) is 0. The SMILES string of the molecule is CCCCCCCCn1cnc(C(=O)OCC)c1C(F)(F)F. The zero-order valence-corrected chi connectivity index (χ0v) is 13.1. The van der Waals surface area contributed by atoms with Crippen LogP contribution in [-0.2, 0) is 17.5 Å². The maximum atomic E-state index is 13.1. The van der Waals surface area contributed by atoms with E-state index in [1.54, 1.807) is 6.92 Å². The number of aryl methyl sites for hydroxylation is 1. The Kier molecular flexibility index (Phi) is 7.41. The zero-order valence-electron chi connectivity index (χ0n) is 13.1. The van der Waals surface area contributed by atoms with Gasteiger partial charge in [-0.2, -0.15) is 13.2 Å². The van der Waals surface area contributed by atoms with E-state index in [0.717, 1.165) is 43.0 Å². The van der Waals surface area contributed by atoms with Crippen molar-refractivity contribution in [2.45, 2.75) is 65.1 Å². The van der Waals surface area contributed by atoms with Crippen molar-refractivity contribution in [2.24, 2.45) is 0 Å². The Morgan fingerprint density at radius 1 is 1.18 bits per heavy atom. The molecule has 0 saturated carbocycles. The standard InChI is InChI=1S/C15H23F3N2O2/c1-3-5-6-7-8-9-10-20-11-19-12(14(21)22-4-2)13(20)15(16,17)18/h11H,3-10H2,1-2H3. The molecule has 0 N–H and O–H groups in total. The first-order valence-electron chi connectivity index (χ1n) is 7.71. The summed E-state index contributed by atoms with van der Waals surface area (Å²) < 4.78 is 45.1. The number of ether oxygens (including phenoxy) is 1. The first-order valence-corrected chi connectivity index (χ1v) is 7.71. The maximum Gasteiger partial charge on any atom is 0.433 e. The average molecular weight is 320 g/mol. The lowest BCUT2D eigenvalue weighted by Crippen LogP contribution is -2.19. The molecule has 0 aliphatic rings. The zero-order chi connectivity index (χ0) is 16.6. The lowest BCUT2D eigenvalue weighted by atomic mass is 10.1. The number of aromatic nitrogens is 2. The Morgan fingerprint density at radius 3 is 2.41 bits per heavy atom. The summed E-state index contributed by atoms with van der Waals surface area (Å²) in [6.45, 7) is 3.87. The second-order valence-corrected chi connectivity index (χ2v) is 5.12. The van der Waals surface area contributed by atoms with Crippen LogP contribution in [-0.4, -0.2) is 22.1 Å². The topological polar surface area (TPSA) is 44.1 Å². The number of rotatable bonds is 9. The van der Waals surface area contributed by atoms with Crippen molar-refractivity contribution in [3.8, 4) is 0 Å². The van der Waals surface area contributed by atoms with E-state index >= 15 is 0 Å². The monoisotopic (exact) mass is 320 g/mol. The highest BCUT2D eigenvalue weighted by atomic mass is 19.4. The predicted octanol–water partition coefficient (Wildman–Crippen LogP) is 4.44. The molecular formula is C15H23F3N2O2. The van der Waals surface area contributed by atoms with E-state index in [4.69, 9.17) is 0 Å². The Morgan fingerprint density at radius 2 is 1.82 bits per heavy atom. The normalized spacial score (nSPS) is 11.7. The highest BCUT2D eigenvalue weighted by molar-refractivity contribution is 5.88. The first-order chi connectivity index (χ1) is 10.4. The Bertz CT molecular complexity index is 470. The number of imidazole rings is 1. The van der Waals surface area contributed by atoms with Gasteiger partial charge in [-0.15, -0.1) is 0 Å². The third-order valence-corrected chi connectivity index (χ3v) is 3.33. The number of carbonyl (C=O) groups excluding carboxylic acids is 1. The molecule has 1 aromatic rings. The van der Waals surface area contributed by atoms with Gasteiger partial charge in [0.2, 0.25) is 0 Å². The van der Waals surface area contributed by atoms with E-state index in [1.165, 1.54) is 0 Å². The molecule has 0 unspecified atom stereocenters. The third kappa shape index (κ3) is 5.35. The van der Waals surface area contributed by atoms with Crippen molar-refractivity contribution < 1.29 is 22.7 Å². The third-order valence-electron chi connectivity index (χ3n) is 3.33. The molecule has 0 aliphatic heterocycles. The number of carbonyl (C=O) groups is 1. The molecule has 0 aromatic carbocycles.